The second-order valence-corrected chi connectivity index (χ2v) is 6.64. The van der Waals surface area contributed by atoms with E-state index in [2.05, 4.69) is 0 Å². The van der Waals surface area contributed by atoms with Gasteiger partial charge in [0.05, 0.1) is 10.8 Å². The van der Waals surface area contributed by atoms with E-state index in [-0.39, 0.29) is 11.4 Å². The maximum Gasteiger partial charge on any atom is 0.316 e. The average molecular weight is 322 g/mol. The normalized spacial score (nSPS) is 11.5. The molecule has 0 aliphatic rings. The topological polar surface area (TPSA) is 56.5 Å². The van der Waals surface area contributed by atoms with Crippen molar-refractivity contribution >= 4 is 16.9 Å². The number of hydrogen-bond donors (Lipinski definition) is 0. The van der Waals surface area contributed by atoms with E-state index in [0.29, 0.717) is 22.5 Å². The van der Waals surface area contributed by atoms with Gasteiger partial charge in [0.1, 0.15) is 17.1 Å². The van der Waals surface area contributed by atoms with E-state index in [4.69, 9.17) is 9.15 Å². The summed E-state index contributed by atoms with van der Waals surface area (Å²) in [6.07, 6.45) is 0. The molecule has 0 saturated heterocycles. The lowest BCUT2D eigenvalue weighted by molar-refractivity contribution is -0.142. The smallest absolute Gasteiger partial charge is 0.316 e. The summed E-state index contributed by atoms with van der Waals surface area (Å²) in [4.78, 5) is 24.3. The number of fused-ring (bicyclic) bond motifs is 1. The highest BCUT2D eigenvalue weighted by molar-refractivity contribution is 5.82. The van der Waals surface area contributed by atoms with E-state index < -0.39 is 5.41 Å². The van der Waals surface area contributed by atoms with Gasteiger partial charge in [-0.3, -0.25) is 9.59 Å². The minimum atomic E-state index is -0.609. The van der Waals surface area contributed by atoms with Gasteiger partial charge in [-0.05, 0) is 32.9 Å². The van der Waals surface area contributed by atoms with Crippen LogP contribution in [-0.4, -0.2) is 5.97 Å². The summed E-state index contributed by atoms with van der Waals surface area (Å²) in [6, 6.07) is 15.6. The first-order valence-electron chi connectivity index (χ1n) is 7.70. The lowest BCUT2D eigenvalue weighted by Gasteiger charge is -2.16. The molecule has 24 heavy (non-hydrogen) atoms. The minimum absolute atomic E-state index is 0.135. The molecule has 0 amide bonds. The molecule has 0 bridgehead atoms. The third-order valence-corrected chi connectivity index (χ3v) is 3.58. The van der Waals surface area contributed by atoms with Crippen LogP contribution in [0.5, 0.6) is 5.75 Å². The molecule has 1 aromatic heterocycles. The van der Waals surface area contributed by atoms with Gasteiger partial charge in [-0.1, -0.05) is 30.3 Å². The van der Waals surface area contributed by atoms with Crippen molar-refractivity contribution in [2.75, 3.05) is 0 Å². The Kier molecular flexibility index (Phi) is 3.97. The van der Waals surface area contributed by atoms with Gasteiger partial charge in [-0.25, -0.2) is 0 Å². The standard InChI is InChI=1S/C20H18O4/c1-20(2,3)19(22)23-14-9-10-15-16(21)12-17(24-18(15)11-14)13-7-5-4-6-8-13/h4-12H,1-3H3. The molecule has 4 nitrogen and oxygen atoms in total. The molecule has 0 N–H and O–H groups in total. The highest BCUT2D eigenvalue weighted by atomic mass is 16.5. The molecule has 0 radical (unpaired) electrons. The van der Waals surface area contributed by atoms with Crippen LogP contribution in [0.15, 0.2) is 63.8 Å². The van der Waals surface area contributed by atoms with E-state index in [9.17, 15) is 9.59 Å². The molecule has 0 aliphatic heterocycles. The number of carbonyl (C=O) groups is 1. The van der Waals surface area contributed by atoms with Gasteiger partial charge in [0.15, 0.2) is 5.43 Å². The van der Waals surface area contributed by atoms with Crippen LogP contribution in [-0.2, 0) is 4.79 Å². The van der Waals surface area contributed by atoms with Gasteiger partial charge in [0.2, 0.25) is 0 Å². The lowest BCUT2D eigenvalue weighted by Crippen LogP contribution is -2.25. The summed E-state index contributed by atoms with van der Waals surface area (Å²) >= 11 is 0. The molecule has 4 heteroatoms. The predicted molar refractivity (Wildman–Crippen MR) is 93.0 cm³/mol. The summed E-state index contributed by atoms with van der Waals surface area (Å²) in [5, 5.41) is 0.449. The molecule has 0 unspecified atom stereocenters. The Morgan fingerprint density at radius 3 is 2.38 bits per heavy atom. The average Bonchev–Trinajstić information content (AvgIpc) is 2.54. The first-order chi connectivity index (χ1) is 11.3. The second kappa shape index (κ2) is 5.96. The molecule has 122 valence electrons. The van der Waals surface area contributed by atoms with Gasteiger partial charge in [-0.2, -0.15) is 0 Å². The molecule has 0 spiro atoms. The van der Waals surface area contributed by atoms with E-state index in [1.807, 2.05) is 30.3 Å². The third-order valence-electron chi connectivity index (χ3n) is 3.58. The first kappa shape index (κ1) is 16.0. The fourth-order valence-corrected chi connectivity index (χ4v) is 2.20. The van der Waals surface area contributed by atoms with Crippen molar-refractivity contribution in [3.05, 3.63) is 64.8 Å². The Bertz CT molecular complexity index is 947. The number of hydrogen-bond acceptors (Lipinski definition) is 4. The van der Waals surface area contributed by atoms with E-state index in [1.54, 1.807) is 39.0 Å². The summed E-state index contributed by atoms with van der Waals surface area (Å²) in [7, 11) is 0. The van der Waals surface area contributed by atoms with Crippen LogP contribution in [0.2, 0.25) is 0 Å². The zero-order valence-corrected chi connectivity index (χ0v) is 13.8. The van der Waals surface area contributed by atoms with Crippen LogP contribution in [0.25, 0.3) is 22.3 Å². The van der Waals surface area contributed by atoms with Crippen molar-refractivity contribution in [2.45, 2.75) is 20.8 Å². The summed E-state index contributed by atoms with van der Waals surface area (Å²) in [5.41, 5.74) is 0.458. The summed E-state index contributed by atoms with van der Waals surface area (Å²) < 4.78 is 11.2. The second-order valence-electron chi connectivity index (χ2n) is 6.64. The van der Waals surface area contributed by atoms with Crippen molar-refractivity contribution in [1.29, 1.82) is 0 Å². The highest BCUT2D eigenvalue weighted by Crippen LogP contribution is 2.26. The van der Waals surface area contributed by atoms with Crippen LogP contribution in [0.3, 0.4) is 0 Å². The van der Waals surface area contributed by atoms with Crippen LogP contribution in [0.1, 0.15) is 20.8 Å². The lowest BCUT2D eigenvalue weighted by atomic mass is 9.97. The Morgan fingerprint density at radius 1 is 1.00 bits per heavy atom. The van der Waals surface area contributed by atoms with E-state index >= 15 is 0 Å². The highest BCUT2D eigenvalue weighted by Gasteiger charge is 2.24. The van der Waals surface area contributed by atoms with Crippen molar-refractivity contribution in [3.8, 4) is 17.1 Å². The SMILES string of the molecule is CC(C)(C)C(=O)Oc1ccc2c(=O)cc(-c3ccccc3)oc2c1. The van der Waals surface area contributed by atoms with E-state index in [1.165, 1.54) is 6.07 Å². The molecule has 3 rings (SSSR count). The largest absolute Gasteiger partial charge is 0.456 e. The van der Waals surface area contributed by atoms with Crippen LogP contribution >= 0.6 is 0 Å². The maximum absolute atomic E-state index is 12.3. The summed E-state index contributed by atoms with van der Waals surface area (Å²) in [6.45, 7) is 5.35. The molecule has 3 aromatic rings. The van der Waals surface area contributed by atoms with Crippen LogP contribution < -0.4 is 10.2 Å². The van der Waals surface area contributed by atoms with Gasteiger partial charge >= 0.3 is 5.97 Å². The third kappa shape index (κ3) is 3.23. The van der Waals surface area contributed by atoms with Crippen LogP contribution in [0.4, 0.5) is 0 Å². The Labute approximate surface area is 139 Å². The summed E-state index contributed by atoms with van der Waals surface area (Å²) in [5.74, 6) is 0.492. The maximum atomic E-state index is 12.3. The number of ether oxygens (including phenoxy) is 1. The van der Waals surface area contributed by atoms with Gasteiger partial charge < -0.3 is 9.15 Å². The van der Waals surface area contributed by atoms with Crippen molar-refractivity contribution in [3.63, 3.8) is 0 Å². The fraction of sp³-hybridized carbons (Fsp3) is 0.200. The molecule has 2 aromatic carbocycles. The number of benzene rings is 2. The van der Waals surface area contributed by atoms with Gasteiger partial charge in [-0.15, -0.1) is 0 Å². The molecule has 0 aliphatic carbocycles. The van der Waals surface area contributed by atoms with E-state index in [0.717, 1.165) is 5.56 Å². The molecule has 1 heterocycles. The van der Waals surface area contributed by atoms with Crippen LogP contribution in [0, 0.1) is 5.41 Å². The van der Waals surface area contributed by atoms with Crippen molar-refractivity contribution < 1.29 is 13.9 Å². The Balaban J connectivity index is 2.05. The van der Waals surface area contributed by atoms with Crippen molar-refractivity contribution in [2.24, 2.45) is 5.41 Å². The zero-order valence-electron chi connectivity index (χ0n) is 13.8. The van der Waals surface area contributed by atoms with Gasteiger partial charge in [0, 0.05) is 17.7 Å². The Morgan fingerprint density at radius 2 is 1.71 bits per heavy atom. The Hall–Kier alpha value is -2.88. The predicted octanol–water partition coefficient (Wildman–Crippen LogP) is 4.41. The molecule has 0 fully saturated rings. The minimum Gasteiger partial charge on any atom is -0.456 e. The zero-order chi connectivity index (χ0) is 17.3. The molecular formula is C20H18O4. The quantitative estimate of drug-likeness (QED) is 0.518. The monoisotopic (exact) mass is 322 g/mol. The molecular weight excluding hydrogens is 304 g/mol. The molecule has 0 atom stereocenters. The fourth-order valence-electron chi connectivity index (χ4n) is 2.20. The van der Waals surface area contributed by atoms with Gasteiger partial charge in [0.25, 0.3) is 0 Å². The van der Waals surface area contributed by atoms with Crippen molar-refractivity contribution in [1.82, 2.24) is 0 Å². The molecule has 0 saturated carbocycles. The number of carbonyl (C=O) groups excluding carboxylic acids is 1. The number of esters is 1. The number of rotatable bonds is 2. The first-order valence-corrected chi connectivity index (χ1v) is 7.70.